The molecular weight excluding hydrogens is 535 g/mol. The predicted octanol–water partition coefficient (Wildman–Crippen LogP) is 4.29. The Kier molecular flexibility index (Phi) is 8.81. The fraction of sp³-hybridized carbons (Fsp3) is 0.357. The van der Waals surface area contributed by atoms with Gasteiger partial charge in [-0.25, -0.2) is 9.97 Å². The highest BCUT2D eigenvalue weighted by Gasteiger charge is 2.19. The topological polar surface area (TPSA) is 92.4 Å². The van der Waals surface area contributed by atoms with Crippen LogP contribution in [0.1, 0.15) is 18.9 Å². The minimum Gasteiger partial charge on any atom is -0.340 e. The summed E-state index contributed by atoms with van der Waals surface area (Å²) in [6, 6.07) is 11.4. The van der Waals surface area contributed by atoms with Gasteiger partial charge in [0.1, 0.15) is 0 Å². The Morgan fingerprint density at radius 3 is 2.87 bits per heavy atom. The highest BCUT2D eigenvalue weighted by molar-refractivity contribution is 6.35. The van der Waals surface area contributed by atoms with Gasteiger partial charge >= 0.3 is 0 Å². The number of hydrogen-bond acceptors (Lipinski definition) is 5. The second kappa shape index (κ2) is 12.6. The van der Waals surface area contributed by atoms with Crippen molar-refractivity contribution in [2.75, 3.05) is 31.5 Å². The lowest BCUT2D eigenvalue weighted by Crippen LogP contribution is -2.53. The van der Waals surface area contributed by atoms with E-state index in [0.717, 1.165) is 49.8 Å². The van der Waals surface area contributed by atoms with Crippen LogP contribution in [-0.2, 0) is 19.5 Å². The molecule has 0 bridgehead atoms. The molecule has 2 N–H and O–H groups in total. The summed E-state index contributed by atoms with van der Waals surface area (Å²) in [7, 11) is 0. The maximum Gasteiger partial charge on any atom is 0.261 e. The molecule has 0 spiro atoms. The van der Waals surface area contributed by atoms with Crippen molar-refractivity contribution >= 4 is 45.8 Å². The Bertz CT molecular complexity index is 1500. The monoisotopic (exact) mass is 566 g/mol. The van der Waals surface area contributed by atoms with E-state index in [4.69, 9.17) is 28.2 Å². The number of piperazine rings is 1. The second-order valence-electron chi connectivity index (χ2n) is 9.75. The van der Waals surface area contributed by atoms with Gasteiger partial charge in [-0.1, -0.05) is 29.3 Å². The number of imidazole rings is 1. The number of aliphatic imine (C=N–C) groups is 1. The fourth-order valence-electron chi connectivity index (χ4n) is 4.69. The first-order chi connectivity index (χ1) is 19.0. The number of halogens is 2. The van der Waals surface area contributed by atoms with Crippen molar-refractivity contribution in [1.29, 1.82) is 0 Å². The van der Waals surface area contributed by atoms with Gasteiger partial charge in [0.25, 0.3) is 5.56 Å². The van der Waals surface area contributed by atoms with E-state index < -0.39 is 0 Å². The summed E-state index contributed by atoms with van der Waals surface area (Å²) in [5.74, 6) is 0.835. The molecule has 1 fully saturated rings. The third-order valence-corrected chi connectivity index (χ3v) is 7.37. The zero-order valence-electron chi connectivity index (χ0n) is 21.9. The largest absolute Gasteiger partial charge is 0.340 e. The number of nitrogens with zero attached hydrogens (tertiary/aromatic N) is 6. The van der Waals surface area contributed by atoms with Crippen molar-refractivity contribution in [3.8, 4) is 0 Å². The molecule has 1 atom stereocenters. The summed E-state index contributed by atoms with van der Waals surface area (Å²) in [5, 5.41) is 8.74. The number of aryl methyl sites for hydroxylation is 3. The smallest absolute Gasteiger partial charge is 0.261 e. The number of hydrogen-bond donors (Lipinski definition) is 2. The molecule has 1 aliphatic rings. The van der Waals surface area contributed by atoms with Crippen LogP contribution in [0.5, 0.6) is 0 Å². The molecule has 2 aromatic carbocycles. The molecule has 0 radical (unpaired) electrons. The van der Waals surface area contributed by atoms with Crippen LogP contribution in [-0.4, -0.2) is 62.2 Å². The van der Waals surface area contributed by atoms with Crippen LogP contribution in [0.25, 0.3) is 10.9 Å². The predicted molar refractivity (Wildman–Crippen MR) is 158 cm³/mol. The van der Waals surface area contributed by atoms with Gasteiger partial charge in [-0.2, -0.15) is 0 Å². The normalized spacial score (nSPS) is 16.1. The molecule has 4 aromatic rings. The minimum absolute atomic E-state index is 0.0824. The summed E-state index contributed by atoms with van der Waals surface area (Å²) in [4.78, 5) is 29.1. The lowest BCUT2D eigenvalue weighted by molar-refractivity contribution is 0.302. The Labute approximate surface area is 237 Å². The summed E-state index contributed by atoms with van der Waals surface area (Å²) in [5.41, 5.74) is 2.34. The summed E-state index contributed by atoms with van der Waals surface area (Å²) in [6.45, 7) is 6.83. The van der Waals surface area contributed by atoms with E-state index in [9.17, 15) is 4.79 Å². The molecular formula is C28H32Cl2N8O. The van der Waals surface area contributed by atoms with Crippen LogP contribution < -0.4 is 16.2 Å². The van der Waals surface area contributed by atoms with Crippen LogP contribution in [0.3, 0.4) is 0 Å². The Hall–Kier alpha value is -3.40. The standard InChI is InChI=1S/C28H32Cl2N8O/c1-20-17-37(14-10-32-20)28(33-8-2-11-36-13-9-31-18-36)35-23-5-6-24-26(16-23)34-19-38(27(24)39)12-7-21-3-4-22(29)15-25(21)30/h3-6,9,13,15-16,18-20,32H,2,7-8,10-12,14,17H2,1H3,(H,33,35)/t20-/m0/s1. The van der Waals surface area contributed by atoms with E-state index in [1.165, 1.54) is 0 Å². The van der Waals surface area contributed by atoms with Crippen molar-refractivity contribution in [3.05, 3.63) is 87.4 Å². The van der Waals surface area contributed by atoms with Gasteiger partial charge in [0.2, 0.25) is 0 Å². The van der Waals surface area contributed by atoms with Crippen LogP contribution in [0.4, 0.5) is 5.69 Å². The highest BCUT2D eigenvalue weighted by atomic mass is 35.5. The van der Waals surface area contributed by atoms with Crippen molar-refractivity contribution in [3.63, 3.8) is 0 Å². The average molecular weight is 568 g/mol. The fourth-order valence-corrected chi connectivity index (χ4v) is 5.19. The third-order valence-electron chi connectivity index (χ3n) is 6.78. The zero-order valence-corrected chi connectivity index (χ0v) is 23.4. The number of aromatic nitrogens is 4. The van der Waals surface area contributed by atoms with Crippen LogP contribution in [0.2, 0.25) is 10.0 Å². The number of benzene rings is 2. The van der Waals surface area contributed by atoms with Crippen molar-refractivity contribution in [1.82, 2.24) is 29.3 Å². The van der Waals surface area contributed by atoms with Gasteiger partial charge in [0.05, 0.1) is 23.6 Å². The summed E-state index contributed by atoms with van der Waals surface area (Å²) < 4.78 is 3.68. The van der Waals surface area contributed by atoms with E-state index in [2.05, 4.69) is 37.0 Å². The highest BCUT2D eigenvalue weighted by Crippen LogP contribution is 2.22. The second-order valence-corrected chi connectivity index (χ2v) is 10.6. The van der Waals surface area contributed by atoms with Crippen LogP contribution in [0, 0.1) is 0 Å². The van der Waals surface area contributed by atoms with Gasteiger partial charge in [-0.3, -0.25) is 14.4 Å². The van der Waals surface area contributed by atoms with E-state index in [0.29, 0.717) is 46.5 Å². The molecule has 0 amide bonds. The van der Waals surface area contributed by atoms with Crippen molar-refractivity contribution < 1.29 is 0 Å². The lowest BCUT2D eigenvalue weighted by atomic mass is 10.1. The van der Waals surface area contributed by atoms with Gasteiger partial charge < -0.3 is 20.1 Å². The number of fused-ring (bicyclic) bond motifs is 1. The molecule has 1 saturated heterocycles. The van der Waals surface area contributed by atoms with Crippen molar-refractivity contribution in [2.45, 2.75) is 38.9 Å². The SMILES string of the molecule is C[C@H]1CN(/C(=N\CCCn2ccnc2)Nc2ccc3c(=O)n(CCc4ccc(Cl)cc4Cl)cnc3c2)CCN1. The average Bonchev–Trinajstić information content (AvgIpc) is 3.44. The molecule has 3 heterocycles. The quantitative estimate of drug-likeness (QED) is 0.188. The first-order valence-corrected chi connectivity index (χ1v) is 13.9. The Morgan fingerprint density at radius 2 is 2.08 bits per heavy atom. The number of nitrogens with one attached hydrogen (secondary N) is 2. The Morgan fingerprint density at radius 1 is 1.18 bits per heavy atom. The maximum atomic E-state index is 13.2. The molecule has 9 nitrogen and oxygen atoms in total. The first kappa shape index (κ1) is 27.2. The molecule has 0 unspecified atom stereocenters. The third kappa shape index (κ3) is 6.98. The first-order valence-electron chi connectivity index (χ1n) is 13.1. The number of anilines is 1. The molecule has 204 valence electrons. The van der Waals surface area contributed by atoms with Crippen LogP contribution >= 0.6 is 23.2 Å². The van der Waals surface area contributed by atoms with E-state index in [1.54, 1.807) is 29.2 Å². The van der Waals surface area contributed by atoms with Gasteiger partial charge in [-0.05, 0) is 55.7 Å². The summed E-state index contributed by atoms with van der Waals surface area (Å²) in [6.07, 6.45) is 8.68. The number of rotatable bonds is 8. The maximum absolute atomic E-state index is 13.2. The lowest BCUT2D eigenvalue weighted by Gasteiger charge is -2.34. The molecule has 39 heavy (non-hydrogen) atoms. The zero-order chi connectivity index (χ0) is 27.2. The van der Waals surface area contributed by atoms with Gasteiger partial charge in [-0.15, -0.1) is 0 Å². The molecule has 5 rings (SSSR count). The van der Waals surface area contributed by atoms with Gasteiger partial charge in [0.15, 0.2) is 5.96 Å². The van der Waals surface area contributed by atoms with Crippen LogP contribution in [0.15, 0.2) is 71.2 Å². The van der Waals surface area contributed by atoms with E-state index in [-0.39, 0.29) is 5.56 Å². The summed E-state index contributed by atoms with van der Waals surface area (Å²) >= 11 is 12.3. The molecule has 1 aliphatic heterocycles. The number of guanidine groups is 1. The minimum atomic E-state index is -0.0824. The molecule has 0 aliphatic carbocycles. The van der Waals surface area contributed by atoms with Crippen molar-refractivity contribution in [2.24, 2.45) is 4.99 Å². The molecule has 2 aromatic heterocycles. The Balaban J connectivity index is 1.31. The van der Waals surface area contributed by atoms with E-state index >= 15 is 0 Å². The van der Waals surface area contributed by atoms with Gasteiger partial charge in [0, 0.05) is 73.4 Å². The molecule has 11 heteroatoms. The van der Waals surface area contributed by atoms with E-state index in [1.807, 2.05) is 36.8 Å². The molecule has 0 saturated carbocycles.